The van der Waals surface area contributed by atoms with Gasteiger partial charge >= 0.3 is 20.1 Å². The van der Waals surface area contributed by atoms with E-state index in [1.54, 1.807) is 60.7 Å². The Bertz CT molecular complexity index is 3780. The zero-order valence-electron chi connectivity index (χ0n) is 49.5. The molecule has 0 aliphatic rings. The number of rotatable bonds is 14. The molecule has 0 fully saturated rings. The molecule has 0 N–H and O–H groups in total. The van der Waals surface area contributed by atoms with Crippen LogP contribution < -0.4 is 5.19 Å². The van der Waals surface area contributed by atoms with Gasteiger partial charge in [-0.3, -0.25) is 0 Å². The molecule has 0 radical (unpaired) electrons. The first kappa shape index (κ1) is 32.1. The van der Waals surface area contributed by atoms with Crippen molar-refractivity contribution in [2.45, 2.75) is 57.9 Å². The second-order valence-corrected chi connectivity index (χ2v) is 21.7. The molecule has 67 heavy (non-hydrogen) atoms. The van der Waals surface area contributed by atoms with Gasteiger partial charge in [0.05, 0.1) is 20.6 Å². The summed E-state index contributed by atoms with van der Waals surface area (Å²) in [7, 11) is -1.69. The Morgan fingerprint density at radius 3 is 1.49 bits per heavy atom. The maximum Gasteiger partial charge on any atom is 3.00 e. The first-order valence-corrected chi connectivity index (χ1v) is 24.8. The number of hydrogen-bond donors (Lipinski definition) is 0. The van der Waals surface area contributed by atoms with E-state index in [4.69, 9.17) is 5.79 Å². The molecule has 7 heteroatoms. The van der Waals surface area contributed by atoms with Crippen molar-refractivity contribution in [2.75, 3.05) is 0 Å². The van der Waals surface area contributed by atoms with E-state index in [0.29, 0.717) is 44.4 Å². The van der Waals surface area contributed by atoms with Crippen LogP contribution >= 0.6 is 0 Å². The van der Waals surface area contributed by atoms with E-state index < -0.39 is 68.8 Å². The van der Waals surface area contributed by atoms with Crippen molar-refractivity contribution in [3.05, 3.63) is 228 Å². The fraction of sp³-hybridized carbons (Fsp3) is 0.150. The molecular weight excluding hydrogens is 1020 g/mol. The Morgan fingerprint density at radius 1 is 0.537 bits per heavy atom. The van der Waals surface area contributed by atoms with Gasteiger partial charge in [-0.1, -0.05) is 115 Å². The van der Waals surface area contributed by atoms with E-state index >= 15 is 4.39 Å². The summed E-state index contributed by atoms with van der Waals surface area (Å²) in [6, 6.07) is 46.4. The van der Waals surface area contributed by atoms with Gasteiger partial charge in [0, 0.05) is 40.4 Å². The summed E-state index contributed by atoms with van der Waals surface area (Å²) < 4.78 is 144. The van der Waals surface area contributed by atoms with E-state index in [9.17, 15) is 16.4 Å². The van der Waals surface area contributed by atoms with Crippen LogP contribution in [0.5, 0.6) is 0 Å². The minimum Gasteiger partial charge on any atom is -0.500 e. The quantitative estimate of drug-likeness (QED) is 0.0804. The van der Waals surface area contributed by atoms with Crippen molar-refractivity contribution in [2.24, 2.45) is 0 Å². The van der Waals surface area contributed by atoms with E-state index in [-0.39, 0.29) is 65.3 Å². The van der Waals surface area contributed by atoms with Gasteiger partial charge in [-0.15, -0.1) is 90.0 Å². The molecule has 4 aromatic heterocycles. The zero-order chi connectivity index (χ0) is 56.7. The Kier molecular flexibility index (Phi) is 9.63. The number of aromatic nitrogens is 3. The largest absolute Gasteiger partial charge is 3.00 e. The number of benzene rings is 6. The maximum atomic E-state index is 16.0. The fourth-order valence-electron chi connectivity index (χ4n) is 7.56. The Labute approximate surface area is 425 Å². The van der Waals surface area contributed by atoms with Crippen LogP contribution in [-0.2, 0) is 58.3 Å². The average molecular weight is 1080 g/mol. The van der Waals surface area contributed by atoms with Gasteiger partial charge in [-0.2, -0.15) is 0 Å². The Hall–Kier alpha value is -6.63. The van der Waals surface area contributed by atoms with Crippen LogP contribution in [0.15, 0.2) is 175 Å². The predicted octanol–water partition coefficient (Wildman–Crippen LogP) is 13.9. The third kappa shape index (κ3) is 10.4. The summed E-state index contributed by atoms with van der Waals surface area (Å²) in [5, 5.41) is 2.19. The number of halogens is 1. The summed E-state index contributed by atoms with van der Waals surface area (Å²) in [5.41, 5.74) is 1.15. The molecule has 0 bridgehead atoms. The Balaban J connectivity index is 0.00000774. The second-order valence-electron chi connectivity index (χ2n) is 16.6. The van der Waals surface area contributed by atoms with Crippen LogP contribution in [0.25, 0.3) is 66.8 Å². The van der Waals surface area contributed by atoms with Crippen LogP contribution in [-0.4, -0.2) is 23.0 Å². The standard InChI is InChI=1S/C60H49FN3OSi.Ir/c1-66(2,3)50-28-26-49(27-29-50)58-54(61)31-30-52-51-15-10-16-53(59(51)65-60(52)58)57-34-25-43(40-64-57)19-22-46-36-44(20-17-41-23-32-55(62-38-41)47-11-6-4-7-12-47)35-45(37-46)21-18-42-24-33-56(63-39-42)48-13-8-5-9-14-48;/h4-11,13,15,23-40H,17-22H2,1-3H3;/q-3;+3/i17D2,18D2,19D2,20D2,21D2,22D2,31D;. The summed E-state index contributed by atoms with van der Waals surface area (Å²) in [5.74, 6) is -0.755. The topological polar surface area (TPSA) is 51.8 Å². The van der Waals surface area contributed by atoms with Crippen LogP contribution in [0.1, 0.15) is 51.2 Å². The summed E-state index contributed by atoms with van der Waals surface area (Å²) in [6.07, 6.45) is -14.9. The molecule has 0 aliphatic heterocycles. The van der Waals surface area contributed by atoms with Crippen molar-refractivity contribution in [1.29, 1.82) is 0 Å². The van der Waals surface area contributed by atoms with Crippen molar-refractivity contribution < 1.29 is 46.7 Å². The fourth-order valence-corrected chi connectivity index (χ4v) is 8.72. The van der Waals surface area contributed by atoms with Gasteiger partial charge in [0.2, 0.25) is 0 Å². The first-order valence-electron chi connectivity index (χ1n) is 27.8. The SMILES string of the molecule is [2H]c1cc2c(oc3c(-c4ccc(C([2H])([2H])C([2H])([2H])c5cc(C([2H])([2H])C([2H])([2H])c6ccc(-c7[c-]cccc7)nc6)cc(C([2H])([2H])C([2H])([2H])c6ccc(-c7[c-]cccc7)nc6)c5)cn4)[c-]ccc32)c(-c2ccc([Si](C)(C)C)cc2)c1F.[Ir+3]. The van der Waals surface area contributed by atoms with Crippen molar-refractivity contribution in [1.82, 2.24) is 15.0 Å². The molecule has 6 aromatic carbocycles. The minimum atomic E-state index is -3.18. The molecule has 0 saturated carbocycles. The van der Waals surface area contributed by atoms with Crippen LogP contribution in [0.3, 0.4) is 0 Å². The van der Waals surface area contributed by atoms with Gasteiger partial charge < -0.3 is 19.4 Å². The first-order chi connectivity index (χ1) is 37.2. The monoisotopic (exact) mass is 1080 g/mol. The predicted molar refractivity (Wildman–Crippen MR) is 270 cm³/mol. The number of hydrogen-bond acceptors (Lipinski definition) is 4. The molecule has 4 heterocycles. The van der Waals surface area contributed by atoms with Crippen LogP contribution in [0, 0.1) is 24.0 Å². The zero-order valence-corrected chi connectivity index (χ0v) is 39.9. The second kappa shape index (κ2) is 20.1. The van der Waals surface area contributed by atoms with E-state index in [2.05, 4.69) is 52.8 Å². The third-order valence-electron chi connectivity index (χ3n) is 11.0. The Morgan fingerprint density at radius 2 is 1.03 bits per heavy atom. The number of fused-ring (bicyclic) bond motifs is 3. The number of aryl methyl sites for hydroxylation is 6. The molecule has 4 nitrogen and oxygen atoms in total. The summed E-state index contributed by atoms with van der Waals surface area (Å²) in [4.78, 5) is 13.3. The average Bonchev–Trinajstić information content (AvgIpc) is 3.86. The van der Waals surface area contributed by atoms with Crippen LogP contribution in [0.4, 0.5) is 4.39 Å². The van der Waals surface area contributed by atoms with E-state index in [1.807, 2.05) is 24.3 Å². The molecule has 0 saturated heterocycles. The molecule has 0 spiro atoms. The number of furan rings is 1. The van der Waals surface area contributed by atoms with Gasteiger partial charge in [0.15, 0.2) is 0 Å². The van der Waals surface area contributed by atoms with Crippen molar-refractivity contribution in [3.63, 3.8) is 0 Å². The van der Waals surface area contributed by atoms with Crippen molar-refractivity contribution >= 4 is 35.2 Å². The summed E-state index contributed by atoms with van der Waals surface area (Å²) >= 11 is 0. The molecule has 10 aromatic rings. The van der Waals surface area contributed by atoms with Crippen LogP contribution in [0.2, 0.25) is 19.6 Å². The van der Waals surface area contributed by atoms with Gasteiger partial charge in [-0.05, 0) is 106 Å². The van der Waals surface area contributed by atoms with Gasteiger partial charge in [0.1, 0.15) is 11.4 Å². The minimum absolute atomic E-state index is 0. The van der Waals surface area contributed by atoms with E-state index in [1.165, 1.54) is 60.0 Å². The molecule has 10 rings (SSSR count). The molecule has 0 aliphatic carbocycles. The molecule has 330 valence electrons. The van der Waals surface area contributed by atoms with Gasteiger partial charge in [0.25, 0.3) is 0 Å². The van der Waals surface area contributed by atoms with E-state index in [0.717, 1.165) is 24.4 Å². The summed E-state index contributed by atoms with van der Waals surface area (Å²) in [6.45, 7) is 6.62. The molecule has 0 amide bonds. The third-order valence-corrected chi connectivity index (χ3v) is 13.1. The normalized spacial score (nSPS) is 15.7. The van der Waals surface area contributed by atoms with Crippen molar-refractivity contribution in [3.8, 4) is 44.9 Å². The molecule has 0 atom stereocenters. The maximum absolute atomic E-state index is 16.0. The molecular formula is C60H49FIrN3OSi. The number of pyridine rings is 3. The smallest absolute Gasteiger partial charge is 0.500 e. The molecule has 0 unspecified atom stereocenters. The number of nitrogens with zero attached hydrogens (tertiary/aromatic N) is 3. The van der Waals surface area contributed by atoms with Gasteiger partial charge in [-0.25, -0.2) is 4.39 Å².